The minimum absolute atomic E-state index is 0.0916. The predicted molar refractivity (Wildman–Crippen MR) is 160 cm³/mol. The standard InChI is InChI=1S/C30H38FN5O3S2/c1-19(6-8-25-32-14-20(40-5)15-33-25)7-9-26-34-23-13-22(31)21(12-24(23)41-26)27(37)35-11-10-30(16-35)17-36(18-30)28(38)39-29(2,3)4/h12-15,19H,6-11,16-18H2,1-5H3/t19-/m0/s1. The molecule has 220 valence electrons. The predicted octanol–water partition coefficient (Wildman–Crippen LogP) is 6.23. The number of halogens is 1. The summed E-state index contributed by atoms with van der Waals surface area (Å²) >= 11 is 3.16. The molecular formula is C30H38FN5O3S2. The number of hydrogen-bond donors (Lipinski definition) is 0. The average Bonchev–Trinajstić information content (AvgIpc) is 3.53. The fourth-order valence-corrected chi connectivity index (χ4v) is 6.81. The Morgan fingerprint density at radius 2 is 1.80 bits per heavy atom. The number of likely N-dealkylation sites (tertiary alicyclic amines) is 2. The molecule has 2 amide bonds. The molecule has 1 aromatic carbocycles. The monoisotopic (exact) mass is 599 g/mol. The van der Waals surface area contributed by atoms with Crippen LogP contribution in [0.5, 0.6) is 0 Å². The molecule has 0 saturated carbocycles. The Balaban J connectivity index is 1.15. The zero-order chi connectivity index (χ0) is 29.4. The zero-order valence-electron chi connectivity index (χ0n) is 24.4. The summed E-state index contributed by atoms with van der Waals surface area (Å²) in [5.41, 5.74) is 0.0115. The number of aromatic nitrogens is 3. The van der Waals surface area contributed by atoms with E-state index < -0.39 is 11.4 Å². The van der Waals surface area contributed by atoms with E-state index in [9.17, 15) is 9.59 Å². The highest BCUT2D eigenvalue weighted by atomic mass is 32.2. The van der Waals surface area contributed by atoms with Crippen LogP contribution in [0.25, 0.3) is 10.2 Å². The van der Waals surface area contributed by atoms with Crippen LogP contribution in [-0.2, 0) is 17.6 Å². The molecule has 0 N–H and O–H groups in total. The van der Waals surface area contributed by atoms with E-state index in [1.807, 2.05) is 39.4 Å². The summed E-state index contributed by atoms with van der Waals surface area (Å²) in [5, 5.41) is 0.952. The maximum atomic E-state index is 15.1. The third kappa shape index (κ3) is 6.99. The number of fused-ring (bicyclic) bond motifs is 1. The smallest absolute Gasteiger partial charge is 0.410 e. The van der Waals surface area contributed by atoms with Crippen molar-refractivity contribution in [2.45, 2.75) is 70.3 Å². The van der Waals surface area contributed by atoms with Crippen molar-refractivity contribution in [3.05, 3.63) is 46.7 Å². The summed E-state index contributed by atoms with van der Waals surface area (Å²) in [6.07, 6.45) is 9.81. The van der Waals surface area contributed by atoms with Gasteiger partial charge in [0.25, 0.3) is 5.91 Å². The second kappa shape index (κ2) is 11.8. The van der Waals surface area contributed by atoms with Crippen molar-refractivity contribution < 1.29 is 18.7 Å². The summed E-state index contributed by atoms with van der Waals surface area (Å²) < 4.78 is 21.4. The second-order valence-corrected chi connectivity index (χ2v) is 14.4. The minimum Gasteiger partial charge on any atom is -0.444 e. The quantitative estimate of drug-likeness (QED) is 0.284. The second-order valence-electron chi connectivity index (χ2n) is 12.4. The molecule has 5 rings (SSSR count). The lowest BCUT2D eigenvalue weighted by atomic mass is 9.79. The SMILES string of the molecule is CSc1cnc(CC[C@H](C)CCc2nc3cc(F)c(C(=O)N4CCC5(CN(C(=O)OC(C)(C)C)C5)C4)cc3s2)nc1. The van der Waals surface area contributed by atoms with Crippen molar-refractivity contribution in [1.82, 2.24) is 24.8 Å². The number of thiazole rings is 1. The zero-order valence-corrected chi connectivity index (χ0v) is 26.0. The topological polar surface area (TPSA) is 88.5 Å². The molecule has 11 heteroatoms. The van der Waals surface area contributed by atoms with E-state index >= 15 is 4.39 Å². The van der Waals surface area contributed by atoms with Crippen molar-refractivity contribution in [3.8, 4) is 0 Å². The van der Waals surface area contributed by atoms with Crippen LogP contribution in [0.4, 0.5) is 9.18 Å². The fraction of sp³-hybridized carbons (Fsp3) is 0.567. The summed E-state index contributed by atoms with van der Waals surface area (Å²) in [6, 6.07) is 3.05. The number of carbonyl (C=O) groups excluding carboxylic acids is 2. The summed E-state index contributed by atoms with van der Waals surface area (Å²) in [5.74, 6) is 0.502. The highest BCUT2D eigenvalue weighted by molar-refractivity contribution is 7.98. The highest BCUT2D eigenvalue weighted by Crippen LogP contribution is 2.41. The van der Waals surface area contributed by atoms with Gasteiger partial charge in [-0.1, -0.05) is 6.92 Å². The number of aryl methyl sites for hydroxylation is 2. The molecule has 2 aliphatic heterocycles. The number of amides is 2. The Hall–Kier alpha value is -2.79. The molecule has 2 aliphatic rings. The van der Waals surface area contributed by atoms with Gasteiger partial charge >= 0.3 is 6.09 Å². The molecule has 0 unspecified atom stereocenters. The van der Waals surface area contributed by atoms with E-state index in [1.165, 1.54) is 17.4 Å². The Kier molecular flexibility index (Phi) is 8.57. The summed E-state index contributed by atoms with van der Waals surface area (Å²) in [7, 11) is 0. The first-order valence-electron chi connectivity index (χ1n) is 14.1. The molecule has 3 aromatic rings. The van der Waals surface area contributed by atoms with Crippen LogP contribution >= 0.6 is 23.1 Å². The van der Waals surface area contributed by atoms with Gasteiger partial charge in [-0.2, -0.15) is 0 Å². The van der Waals surface area contributed by atoms with Crippen LogP contribution in [0.3, 0.4) is 0 Å². The lowest BCUT2D eigenvalue weighted by Gasteiger charge is -2.47. The van der Waals surface area contributed by atoms with E-state index in [4.69, 9.17) is 4.74 Å². The van der Waals surface area contributed by atoms with Crippen molar-refractivity contribution in [1.29, 1.82) is 0 Å². The molecule has 2 fully saturated rings. The Bertz CT molecular complexity index is 1420. The first-order valence-corrected chi connectivity index (χ1v) is 16.2. The first kappa shape index (κ1) is 29.7. The molecule has 0 aliphatic carbocycles. The third-order valence-electron chi connectivity index (χ3n) is 7.81. The summed E-state index contributed by atoms with van der Waals surface area (Å²) in [6.45, 7) is 9.94. The van der Waals surface area contributed by atoms with Gasteiger partial charge < -0.3 is 14.5 Å². The van der Waals surface area contributed by atoms with Gasteiger partial charge in [-0.25, -0.2) is 24.1 Å². The molecule has 8 nitrogen and oxygen atoms in total. The van der Waals surface area contributed by atoms with Gasteiger partial charge in [-0.3, -0.25) is 4.79 Å². The van der Waals surface area contributed by atoms with E-state index in [0.717, 1.165) is 52.5 Å². The molecule has 1 spiro atoms. The highest BCUT2D eigenvalue weighted by Gasteiger charge is 2.51. The van der Waals surface area contributed by atoms with Crippen LogP contribution in [-0.4, -0.2) is 74.8 Å². The third-order valence-corrected chi connectivity index (χ3v) is 9.57. The van der Waals surface area contributed by atoms with Gasteiger partial charge in [-0.05, 0) is 64.7 Å². The minimum atomic E-state index is -0.543. The Morgan fingerprint density at radius 3 is 2.49 bits per heavy atom. The van der Waals surface area contributed by atoms with E-state index in [0.29, 0.717) is 37.6 Å². The maximum Gasteiger partial charge on any atom is 0.410 e. The number of carbonyl (C=O) groups is 2. The van der Waals surface area contributed by atoms with Gasteiger partial charge in [0.1, 0.15) is 17.2 Å². The van der Waals surface area contributed by atoms with E-state index in [1.54, 1.807) is 27.6 Å². The van der Waals surface area contributed by atoms with Crippen molar-refractivity contribution in [3.63, 3.8) is 0 Å². The number of nitrogens with zero attached hydrogens (tertiary/aromatic N) is 5. The normalized spacial score (nSPS) is 17.2. The van der Waals surface area contributed by atoms with Crippen molar-refractivity contribution in [2.24, 2.45) is 11.3 Å². The van der Waals surface area contributed by atoms with Gasteiger partial charge in [0.15, 0.2) is 0 Å². The fourth-order valence-electron chi connectivity index (χ4n) is 5.49. The van der Waals surface area contributed by atoms with Crippen molar-refractivity contribution in [2.75, 3.05) is 32.4 Å². The van der Waals surface area contributed by atoms with Gasteiger partial charge in [0.05, 0.1) is 20.8 Å². The lowest BCUT2D eigenvalue weighted by molar-refractivity contribution is -0.0297. The molecule has 0 bridgehead atoms. The van der Waals surface area contributed by atoms with Crippen LogP contribution in [0.15, 0.2) is 29.4 Å². The molecule has 4 heterocycles. The van der Waals surface area contributed by atoms with Gasteiger partial charge in [0.2, 0.25) is 0 Å². The number of hydrogen-bond acceptors (Lipinski definition) is 8. The molecule has 0 radical (unpaired) electrons. The Labute approximate surface area is 249 Å². The maximum absolute atomic E-state index is 15.1. The largest absolute Gasteiger partial charge is 0.444 e. The average molecular weight is 600 g/mol. The molecule has 41 heavy (non-hydrogen) atoms. The first-order chi connectivity index (χ1) is 19.4. The van der Waals surface area contributed by atoms with E-state index in [-0.39, 0.29) is 23.0 Å². The van der Waals surface area contributed by atoms with E-state index in [2.05, 4.69) is 21.9 Å². The Morgan fingerprint density at radius 1 is 1.12 bits per heavy atom. The molecule has 2 saturated heterocycles. The van der Waals surface area contributed by atoms with Gasteiger partial charge in [0, 0.05) is 61.4 Å². The van der Waals surface area contributed by atoms with Crippen LogP contribution in [0, 0.1) is 17.2 Å². The van der Waals surface area contributed by atoms with Crippen LogP contribution < -0.4 is 0 Å². The van der Waals surface area contributed by atoms with Crippen LogP contribution in [0.2, 0.25) is 0 Å². The number of ether oxygens (including phenoxy) is 1. The number of benzene rings is 1. The molecular weight excluding hydrogens is 561 g/mol. The van der Waals surface area contributed by atoms with Crippen molar-refractivity contribution >= 4 is 45.3 Å². The molecule has 2 aromatic heterocycles. The number of thioether (sulfide) groups is 1. The van der Waals surface area contributed by atoms with Gasteiger partial charge in [-0.15, -0.1) is 23.1 Å². The summed E-state index contributed by atoms with van der Waals surface area (Å²) in [4.78, 5) is 43.7. The molecule has 1 atom stereocenters. The lowest BCUT2D eigenvalue weighted by Crippen LogP contribution is -2.60. The number of rotatable bonds is 8. The van der Waals surface area contributed by atoms with Crippen LogP contribution in [0.1, 0.15) is 68.1 Å².